The molecule has 98 valence electrons. The van der Waals surface area contributed by atoms with E-state index in [9.17, 15) is 0 Å². The Morgan fingerprint density at radius 1 is 1.41 bits per heavy atom. The number of aromatic nitrogens is 1. The number of hydrogen-bond donors (Lipinski definition) is 1. The van der Waals surface area contributed by atoms with E-state index >= 15 is 0 Å². The number of thiazole rings is 1. The number of rotatable bonds is 8. The number of nitrogens with zero attached hydrogens (tertiary/aromatic N) is 1. The Hall–Kier alpha value is -0.410. The average molecular weight is 254 g/mol. The van der Waals surface area contributed by atoms with Crippen molar-refractivity contribution in [3.63, 3.8) is 0 Å². The maximum atomic E-state index is 4.53. The highest BCUT2D eigenvalue weighted by atomic mass is 32.1. The molecular weight excluding hydrogens is 228 g/mol. The molecule has 17 heavy (non-hydrogen) atoms. The summed E-state index contributed by atoms with van der Waals surface area (Å²) in [4.78, 5) is 4.53. The van der Waals surface area contributed by atoms with Crippen LogP contribution in [0, 0.1) is 12.8 Å². The summed E-state index contributed by atoms with van der Waals surface area (Å²) in [5.74, 6) is 0.765. The highest BCUT2D eigenvalue weighted by Gasteiger charge is 2.10. The van der Waals surface area contributed by atoms with Crippen molar-refractivity contribution in [3.05, 3.63) is 16.1 Å². The van der Waals surface area contributed by atoms with Gasteiger partial charge >= 0.3 is 0 Å². The van der Waals surface area contributed by atoms with E-state index in [0.717, 1.165) is 18.9 Å². The summed E-state index contributed by atoms with van der Waals surface area (Å²) in [5.41, 5.74) is 1.26. The Balaban J connectivity index is 2.36. The Bertz CT molecular complexity index is 307. The molecule has 1 heterocycles. The van der Waals surface area contributed by atoms with Gasteiger partial charge in [-0.05, 0) is 45.1 Å². The second-order valence-electron chi connectivity index (χ2n) is 5.18. The Morgan fingerprint density at radius 3 is 2.71 bits per heavy atom. The maximum absolute atomic E-state index is 4.53. The van der Waals surface area contributed by atoms with E-state index in [4.69, 9.17) is 0 Å². The minimum Gasteiger partial charge on any atom is -0.314 e. The third-order valence-corrected chi connectivity index (χ3v) is 3.68. The highest BCUT2D eigenvalue weighted by molar-refractivity contribution is 7.09. The molecule has 0 saturated heterocycles. The molecule has 1 aromatic heterocycles. The van der Waals surface area contributed by atoms with Crippen molar-refractivity contribution >= 4 is 11.3 Å². The van der Waals surface area contributed by atoms with Crippen LogP contribution in [0.3, 0.4) is 0 Å². The average Bonchev–Trinajstić information content (AvgIpc) is 2.68. The first kappa shape index (κ1) is 14.7. The molecule has 0 amide bonds. The van der Waals surface area contributed by atoms with E-state index < -0.39 is 0 Å². The molecule has 0 aromatic carbocycles. The molecule has 0 bridgehead atoms. The normalized spacial score (nSPS) is 13.2. The molecule has 0 radical (unpaired) electrons. The molecule has 1 rings (SSSR count). The third-order valence-electron chi connectivity index (χ3n) is 2.85. The van der Waals surface area contributed by atoms with Gasteiger partial charge in [0.15, 0.2) is 0 Å². The van der Waals surface area contributed by atoms with Crippen LogP contribution in [0.4, 0.5) is 0 Å². The molecule has 1 aromatic rings. The van der Waals surface area contributed by atoms with Gasteiger partial charge in [-0.25, -0.2) is 4.98 Å². The van der Waals surface area contributed by atoms with Crippen LogP contribution < -0.4 is 5.32 Å². The van der Waals surface area contributed by atoms with Gasteiger partial charge in [0.1, 0.15) is 0 Å². The molecule has 0 aliphatic rings. The zero-order valence-corrected chi connectivity index (χ0v) is 12.4. The summed E-state index contributed by atoms with van der Waals surface area (Å²) in [6.07, 6.45) is 4.80. The Labute approximate surface area is 110 Å². The van der Waals surface area contributed by atoms with Gasteiger partial charge in [-0.2, -0.15) is 0 Å². The Kier molecular flexibility index (Phi) is 6.75. The van der Waals surface area contributed by atoms with Gasteiger partial charge in [-0.15, -0.1) is 11.3 Å². The minimum absolute atomic E-state index is 0.650. The highest BCUT2D eigenvalue weighted by Crippen LogP contribution is 2.14. The fourth-order valence-corrected chi connectivity index (χ4v) is 2.71. The van der Waals surface area contributed by atoms with Crippen LogP contribution in [0.1, 0.15) is 50.7 Å². The zero-order valence-electron chi connectivity index (χ0n) is 11.6. The van der Waals surface area contributed by atoms with Gasteiger partial charge < -0.3 is 5.32 Å². The van der Waals surface area contributed by atoms with Gasteiger partial charge in [0.2, 0.25) is 0 Å². The van der Waals surface area contributed by atoms with Crippen LogP contribution in [0.15, 0.2) is 5.38 Å². The predicted octanol–water partition coefficient (Wildman–Crippen LogP) is 3.80. The third kappa shape index (κ3) is 6.18. The van der Waals surface area contributed by atoms with E-state index in [1.165, 1.54) is 30.0 Å². The SMILES string of the molecule is CCCNC(CCc1csc(C)n1)CC(C)C. The number of hydrogen-bond acceptors (Lipinski definition) is 3. The van der Waals surface area contributed by atoms with Crippen LogP contribution in [0.5, 0.6) is 0 Å². The van der Waals surface area contributed by atoms with Crippen LogP contribution in [0.2, 0.25) is 0 Å². The van der Waals surface area contributed by atoms with Gasteiger partial charge in [0, 0.05) is 11.4 Å². The smallest absolute Gasteiger partial charge is 0.0897 e. The molecule has 0 aliphatic heterocycles. The van der Waals surface area contributed by atoms with E-state index in [2.05, 4.69) is 43.4 Å². The summed E-state index contributed by atoms with van der Waals surface area (Å²) in [6.45, 7) is 10.0. The van der Waals surface area contributed by atoms with Crippen LogP contribution in [-0.4, -0.2) is 17.6 Å². The van der Waals surface area contributed by atoms with Crippen molar-refractivity contribution in [2.75, 3.05) is 6.54 Å². The lowest BCUT2D eigenvalue weighted by Gasteiger charge is -2.20. The first-order valence-corrected chi connectivity index (χ1v) is 7.64. The molecule has 0 spiro atoms. The lowest BCUT2D eigenvalue weighted by Crippen LogP contribution is -2.31. The van der Waals surface area contributed by atoms with Gasteiger partial charge in [-0.3, -0.25) is 0 Å². The number of aryl methyl sites for hydroxylation is 2. The molecule has 3 heteroatoms. The molecule has 2 nitrogen and oxygen atoms in total. The lowest BCUT2D eigenvalue weighted by atomic mass is 9.99. The largest absolute Gasteiger partial charge is 0.314 e. The van der Waals surface area contributed by atoms with Gasteiger partial charge in [0.25, 0.3) is 0 Å². The van der Waals surface area contributed by atoms with Crippen molar-refractivity contribution < 1.29 is 0 Å². The van der Waals surface area contributed by atoms with Gasteiger partial charge in [0.05, 0.1) is 10.7 Å². The summed E-state index contributed by atoms with van der Waals surface area (Å²) >= 11 is 1.76. The van der Waals surface area contributed by atoms with E-state index in [1.807, 2.05) is 0 Å². The standard InChI is InChI=1S/C14H26N2S/c1-5-8-15-13(9-11(2)3)6-7-14-10-17-12(4)16-14/h10-11,13,15H,5-9H2,1-4H3. The first-order valence-electron chi connectivity index (χ1n) is 6.76. The lowest BCUT2D eigenvalue weighted by molar-refractivity contribution is 0.398. The van der Waals surface area contributed by atoms with Crippen molar-refractivity contribution in [2.24, 2.45) is 5.92 Å². The zero-order chi connectivity index (χ0) is 12.7. The first-order chi connectivity index (χ1) is 8.11. The fourth-order valence-electron chi connectivity index (χ4n) is 2.07. The van der Waals surface area contributed by atoms with Crippen LogP contribution >= 0.6 is 11.3 Å². The molecule has 0 saturated carbocycles. The summed E-state index contributed by atoms with van der Waals surface area (Å²) < 4.78 is 0. The minimum atomic E-state index is 0.650. The second-order valence-corrected chi connectivity index (χ2v) is 6.24. The summed E-state index contributed by atoms with van der Waals surface area (Å²) in [5, 5.41) is 7.03. The van der Waals surface area contributed by atoms with Crippen LogP contribution in [0.25, 0.3) is 0 Å². The van der Waals surface area contributed by atoms with E-state index in [0.29, 0.717) is 6.04 Å². The monoisotopic (exact) mass is 254 g/mol. The topological polar surface area (TPSA) is 24.9 Å². The van der Waals surface area contributed by atoms with Gasteiger partial charge in [-0.1, -0.05) is 20.8 Å². The fraction of sp³-hybridized carbons (Fsp3) is 0.786. The van der Waals surface area contributed by atoms with Crippen molar-refractivity contribution in [1.29, 1.82) is 0 Å². The van der Waals surface area contributed by atoms with Crippen LogP contribution in [-0.2, 0) is 6.42 Å². The second kappa shape index (κ2) is 7.83. The number of nitrogens with one attached hydrogen (secondary N) is 1. The molecule has 1 N–H and O–H groups in total. The van der Waals surface area contributed by atoms with Crippen molar-refractivity contribution in [2.45, 2.75) is 59.4 Å². The Morgan fingerprint density at radius 2 is 2.18 bits per heavy atom. The predicted molar refractivity (Wildman–Crippen MR) is 76.7 cm³/mol. The molecule has 1 atom stereocenters. The van der Waals surface area contributed by atoms with E-state index in [-0.39, 0.29) is 0 Å². The van der Waals surface area contributed by atoms with E-state index in [1.54, 1.807) is 11.3 Å². The molecule has 0 aliphatic carbocycles. The maximum Gasteiger partial charge on any atom is 0.0897 e. The molecular formula is C14H26N2S. The summed E-state index contributed by atoms with van der Waals surface area (Å²) in [6, 6.07) is 0.650. The molecule has 1 unspecified atom stereocenters. The molecule has 0 fully saturated rings. The summed E-state index contributed by atoms with van der Waals surface area (Å²) in [7, 11) is 0. The van der Waals surface area contributed by atoms with Crippen molar-refractivity contribution in [1.82, 2.24) is 10.3 Å². The van der Waals surface area contributed by atoms with Crippen molar-refractivity contribution in [3.8, 4) is 0 Å². The quantitative estimate of drug-likeness (QED) is 0.763.